The van der Waals surface area contributed by atoms with E-state index in [-0.39, 0.29) is 25.7 Å². The summed E-state index contributed by atoms with van der Waals surface area (Å²) < 4.78 is 29.2. The molecule has 1 unspecified atom stereocenters. The number of carbonyl (C=O) groups excluding carboxylic acids is 1. The van der Waals surface area contributed by atoms with Crippen LogP contribution in [0.15, 0.2) is 109 Å². The number of para-hydroxylation sites is 1. The summed E-state index contributed by atoms with van der Waals surface area (Å²) in [5, 5.41) is 13.1. The van der Waals surface area contributed by atoms with Crippen molar-refractivity contribution in [1.82, 2.24) is 5.32 Å². The molecule has 0 aliphatic carbocycles. The van der Waals surface area contributed by atoms with Crippen molar-refractivity contribution in [2.45, 2.75) is 31.0 Å². The summed E-state index contributed by atoms with van der Waals surface area (Å²) in [7, 11) is 3.28. The molecule has 0 spiro atoms. The van der Waals surface area contributed by atoms with Crippen LogP contribution in [0.3, 0.4) is 0 Å². The van der Waals surface area contributed by atoms with Crippen molar-refractivity contribution in [3.8, 4) is 17.2 Å². The summed E-state index contributed by atoms with van der Waals surface area (Å²) >= 11 is 0. The minimum atomic E-state index is -0.987. The maximum Gasteiger partial charge on any atom is 0.257 e. The van der Waals surface area contributed by atoms with Gasteiger partial charge in [0.25, 0.3) is 5.91 Å². The fourth-order valence-corrected chi connectivity index (χ4v) is 5.04. The molecule has 0 saturated heterocycles. The van der Waals surface area contributed by atoms with E-state index in [1.807, 2.05) is 109 Å². The molecular weight excluding hydrogens is 570 g/mol. The largest absolute Gasteiger partial charge is 0.497 e. The van der Waals surface area contributed by atoms with Gasteiger partial charge in [-0.15, -0.1) is 0 Å². The third kappa shape index (κ3) is 9.56. The minimum Gasteiger partial charge on any atom is -0.497 e. The second-order valence-electron chi connectivity index (χ2n) is 10.5. The Balaban J connectivity index is 1.35. The fraction of sp³-hybridized carbons (Fsp3) is 0.324. The lowest BCUT2D eigenvalue weighted by Crippen LogP contribution is -2.37. The van der Waals surface area contributed by atoms with Crippen LogP contribution in [0, 0.1) is 0 Å². The van der Waals surface area contributed by atoms with Crippen molar-refractivity contribution < 1.29 is 33.6 Å². The van der Waals surface area contributed by atoms with E-state index >= 15 is 0 Å². The first-order valence-electron chi connectivity index (χ1n) is 15.2. The Morgan fingerprint density at radius 3 is 1.82 bits per heavy atom. The first-order chi connectivity index (χ1) is 22.1. The molecular formula is C37H43NO7. The molecule has 0 saturated carbocycles. The smallest absolute Gasteiger partial charge is 0.257 e. The molecule has 1 atom stereocenters. The summed E-state index contributed by atoms with van der Waals surface area (Å²) in [4.78, 5) is 12.0. The molecule has 238 valence electrons. The van der Waals surface area contributed by atoms with Gasteiger partial charge in [-0.25, -0.2) is 0 Å². The van der Waals surface area contributed by atoms with Crippen molar-refractivity contribution in [2.75, 3.05) is 47.2 Å². The molecule has 4 aromatic carbocycles. The van der Waals surface area contributed by atoms with E-state index in [1.165, 1.54) is 0 Å². The first-order valence-corrected chi connectivity index (χ1v) is 15.2. The van der Waals surface area contributed by atoms with Crippen molar-refractivity contribution in [1.29, 1.82) is 0 Å². The average molecular weight is 614 g/mol. The predicted molar refractivity (Wildman–Crippen MR) is 174 cm³/mol. The number of hydrogen-bond acceptors (Lipinski definition) is 7. The number of carbonyl (C=O) groups is 1. The van der Waals surface area contributed by atoms with Crippen LogP contribution in [0.4, 0.5) is 0 Å². The second kappa shape index (κ2) is 17.8. The summed E-state index contributed by atoms with van der Waals surface area (Å²) in [6.45, 7) is 0.979. The minimum absolute atomic E-state index is 0.0111. The van der Waals surface area contributed by atoms with E-state index in [1.54, 1.807) is 14.2 Å². The van der Waals surface area contributed by atoms with Crippen LogP contribution in [-0.4, -0.2) is 64.3 Å². The number of amides is 1. The number of rotatable bonds is 19. The van der Waals surface area contributed by atoms with Crippen LogP contribution in [0.2, 0.25) is 0 Å². The Kier molecular flexibility index (Phi) is 13.3. The second-order valence-corrected chi connectivity index (χ2v) is 10.5. The summed E-state index contributed by atoms with van der Waals surface area (Å²) in [6, 6.07) is 34.9. The molecule has 0 aliphatic heterocycles. The Morgan fingerprint density at radius 2 is 1.27 bits per heavy atom. The lowest BCUT2D eigenvalue weighted by molar-refractivity contribution is -0.123. The molecule has 0 bridgehead atoms. The average Bonchev–Trinajstić information content (AvgIpc) is 3.11. The zero-order chi connectivity index (χ0) is 31.7. The number of methoxy groups -OCH3 is 2. The number of aliphatic hydroxyl groups is 1. The van der Waals surface area contributed by atoms with Crippen molar-refractivity contribution >= 4 is 5.91 Å². The van der Waals surface area contributed by atoms with Crippen LogP contribution >= 0.6 is 0 Å². The summed E-state index contributed by atoms with van der Waals surface area (Å²) in [5.41, 5.74) is 1.77. The Hall–Kier alpha value is -4.37. The van der Waals surface area contributed by atoms with Crippen LogP contribution in [0.25, 0.3) is 0 Å². The van der Waals surface area contributed by atoms with Gasteiger partial charge in [0.15, 0.2) is 6.61 Å². The van der Waals surface area contributed by atoms with Crippen LogP contribution < -0.4 is 19.5 Å². The molecule has 8 nitrogen and oxygen atoms in total. The Labute approximate surface area is 265 Å². The summed E-state index contributed by atoms with van der Waals surface area (Å²) in [6.07, 6.45) is 1.93. The van der Waals surface area contributed by atoms with E-state index in [0.717, 1.165) is 47.5 Å². The molecule has 2 N–H and O–H groups in total. The highest BCUT2D eigenvalue weighted by Gasteiger charge is 2.38. The maximum atomic E-state index is 12.0. The number of ether oxygens (including phenoxy) is 5. The van der Waals surface area contributed by atoms with E-state index in [0.29, 0.717) is 18.9 Å². The van der Waals surface area contributed by atoms with Gasteiger partial charge in [0.2, 0.25) is 0 Å². The SMILES string of the molecule is COc1ccc(C(OCC(CO)OCCCCCNC(=O)COc2ccccc2)(c2ccccc2)c2ccc(OC)cc2)cc1. The quantitative estimate of drug-likeness (QED) is 0.103. The maximum absolute atomic E-state index is 12.0. The monoisotopic (exact) mass is 613 g/mol. The van der Waals surface area contributed by atoms with Crippen molar-refractivity contribution in [3.63, 3.8) is 0 Å². The highest BCUT2D eigenvalue weighted by atomic mass is 16.5. The number of hydrogen-bond donors (Lipinski definition) is 2. The molecule has 4 rings (SSSR count). The van der Waals surface area contributed by atoms with Gasteiger partial charge in [-0.1, -0.05) is 72.8 Å². The molecule has 1 amide bonds. The van der Waals surface area contributed by atoms with E-state index in [9.17, 15) is 9.90 Å². The van der Waals surface area contributed by atoms with Gasteiger partial charge in [0.05, 0.1) is 27.4 Å². The molecule has 45 heavy (non-hydrogen) atoms. The van der Waals surface area contributed by atoms with Gasteiger partial charge in [-0.2, -0.15) is 0 Å². The van der Waals surface area contributed by atoms with E-state index in [2.05, 4.69) is 5.32 Å². The zero-order valence-corrected chi connectivity index (χ0v) is 26.0. The number of benzene rings is 4. The van der Waals surface area contributed by atoms with Gasteiger partial charge >= 0.3 is 0 Å². The van der Waals surface area contributed by atoms with Crippen molar-refractivity contribution in [3.05, 3.63) is 126 Å². The lowest BCUT2D eigenvalue weighted by Gasteiger charge is -2.37. The number of unbranched alkanes of at least 4 members (excludes halogenated alkanes) is 2. The van der Waals surface area contributed by atoms with Gasteiger partial charge in [0, 0.05) is 13.2 Å². The van der Waals surface area contributed by atoms with Gasteiger partial charge < -0.3 is 34.1 Å². The van der Waals surface area contributed by atoms with Crippen LogP contribution in [0.5, 0.6) is 17.2 Å². The van der Waals surface area contributed by atoms with Gasteiger partial charge in [0.1, 0.15) is 29.0 Å². The Morgan fingerprint density at radius 1 is 0.711 bits per heavy atom. The molecule has 0 radical (unpaired) electrons. The van der Waals surface area contributed by atoms with Crippen LogP contribution in [-0.2, 0) is 19.9 Å². The standard InChI is InChI=1S/C37H43NO7/c1-41-32-20-16-30(17-21-32)37(29-12-6-3-7-13-29,31-18-22-33(42-2)23-19-31)45-27-35(26-39)43-25-11-5-10-24-38-36(40)28-44-34-14-8-4-9-15-34/h3-4,6-9,12-23,35,39H,5,10-11,24-28H2,1-2H3,(H,38,40). The van der Waals surface area contributed by atoms with Gasteiger partial charge in [-0.3, -0.25) is 4.79 Å². The van der Waals surface area contributed by atoms with Crippen molar-refractivity contribution in [2.24, 2.45) is 0 Å². The first kappa shape index (κ1) is 33.5. The highest BCUT2D eigenvalue weighted by Crippen LogP contribution is 2.41. The van der Waals surface area contributed by atoms with E-state index < -0.39 is 11.7 Å². The Bertz CT molecular complexity index is 1350. The summed E-state index contributed by atoms with van der Waals surface area (Å²) in [5.74, 6) is 2.00. The molecule has 0 aliphatic rings. The van der Waals surface area contributed by atoms with E-state index in [4.69, 9.17) is 23.7 Å². The van der Waals surface area contributed by atoms with Gasteiger partial charge in [-0.05, 0) is 72.4 Å². The zero-order valence-electron chi connectivity index (χ0n) is 26.0. The highest BCUT2D eigenvalue weighted by molar-refractivity contribution is 5.77. The molecule has 8 heteroatoms. The van der Waals surface area contributed by atoms with Crippen LogP contribution in [0.1, 0.15) is 36.0 Å². The normalized spacial score (nSPS) is 11.9. The number of aliphatic hydroxyl groups excluding tert-OH is 1. The third-order valence-electron chi connectivity index (χ3n) is 7.47. The predicted octanol–water partition coefficient (Wildman–Crippen LogP) is 5.76. The topological polar surface area (TPSA) is 95.5 Å². The third-order valence-corrected chi connectivity index (χ3v) is 7.47. The molecule has 0 heterocycles. The molecule has 0 aromatic heterocycles. The molecule has 4 aromatic rings. The number of nitrogens with one attached hydrogen (secondary N) is 1. The molecule has 0 fully saturated rings. The lowest BCUT2D eigenvalue weighted by atomic mass is 9.80. The fourth-order valence-electron chi connectivity index (χ4n) is 5.04.